The Balaban J connectivity index is 4.01. The maximum atomic E-state index is 11.6. The molecule has 0 radical (unpaired) electrons. The monoisotopic (exact) mass is 269 g/mol. The van der Waals surface area contributed by atoms with E-state index in [9.17, 15) is 4.79 Å². The van der Waals surface area contributed by atoms with Gasteiger partial charge in [0.1, 0.15) is 5.60 Å². The quantitative estimate of drug-likeness (QED) is 0.695. The summed E-state index contributed by atoms with van der Waals surface area (Å²) in [6.07, 6.45) is 0.125. The van der Waals surface area contributed by atoms with Crippen LogP contribution in [0.15, 0.2) is 0 Å². The van der Waals surface area contributed by atoms with Crippen molar-refractivity contribution in [3.05, 3.63) is 0 Å². The van der Waals surface area contributed by atoms with Gasteiger partial charge in [0.2, 0.25) is 0 Å². The number of alkyl carbamates (subject to hydrolysis) is 1. The highest BCUT2D eigenvalue weighted by Gasteiger charge is 2.18. The number of nitriles is 1. The molecule has 2 N–H and O–H groups in total. The van der Waals surface area contributed by atoms with Gasteiger partial charge in [-0.15, -0.1) is 0 Å². The Hall–Kier alpha value is -1.28. The molecule has 0 aromatic carbocycles. The predicted molar refractivity (Wildman–Crippen MR) is 75.7 cm³/mol. The molecule has 0 rings (SSSR count). The van der Waals surface area contributed by atoms with Crippen LogP contribution in [0.4, 0.5) is 4.79 Å². The first-order chi connectivity index (χ1) is 8.76. The summed E-state index contributed by atoms with van der Waals surface area (Å²) in [5, 5.41) is 14.5. The van der Waals surface area contributed by atoms with Gasteiger partial charge in [-0.25, -0.2) is 4.79 Å². The third kappa shape index (κ3) is 10.3. The molecular weight excluding hydrogens is 242 g/mol. The normalized spacial score (nSPS) is 12.9. The fourth-order valence-corrected chi connectivity index (χ4v) is 1.50. The first-order valence-corrected chi connectivity index (χ1v) is 6.80. The molecule has 0 aliphatic rings. The Morgan fingerprint density at radius 2 is 1.95 bits per heavy atom. The van der Waals surface area contributed by atoms with Crippen molar-refractivity contribution in [2.75, 3.05) is 19.6 Å². The second kappa shape index (κ2) is 8.76. The van der Waals surface area contributed by atoms with E-state index in [2.05, 4.69) is 30.6 Å². The van der Waals surface area contributed by atoms with E-state index in [0.717, 1.165) is 6.54 Å². The first-order valence-electron chi connectivity index (χ1n) is 6.80. The molecule has 0 saturated carbocycles. The Labute approximate surface area is 116 Å². The SMILES string of the molecule is CC(C)C(CNCCC#N)CNC(=O)OC(C)(C)C. The molecule has 5 heteroatoms. The predicted octanol–water partition coefficient (Wildman–Crippen LogP) is 2.29. The molecule has 0 bridgehead atoms. The highest BCUT2D eigenvalue weighted by Crippen LogP contribution is 2.10. The van der Waals surface area contributed by atoms with Crippen LogP contribution in [0.25, 0.3) is 0 Å². The number of hydrogen-bond donors (Lipinski definition) is 2. The van der Waals surface area contributed by atoms with Gasteiger partial charge in [-0.1, -0.05) is 13.8 Å². The van der Waals surface area contributed by atoms with Crippen LogP contribution in [0, 0.1) is 23.2 Å². The molecule has 0 aliphatic carbocycles. The Bertz CT molecular complexity index is 303. The number of nitrogens with one attached hydrogen (secondary N) is 2. The van der Waals surface area contributed by atoms with Crippen molar-refractivity contribution in [2.45, 2.75) is 46.6 Å². The number of hydrogen-bond acceptors (Lipinski definition) is 4. The zero-order chi connectivity index (χ0) is 14.9. The van der Waals surface area contributed by atoms with E-state index in [-0.39, 0.29) is 6.09 Å². The molecule has 1 unspecified atom stereocenters. The molecule has 0 fully saturated rings. The lowest BCUT2D eigenvalue weighted by Crippen LogP contribution is -2.39. The molecule has 0 aromatic rings. The molecule has 1 atom stereocenters. The Morgan fingerprint density at radius 1 is 1.32 bits per heavy atom. The molecule has 5 nitrogen and oxygen atoms in total. The molecule has 19 heavy (non-hydrogen) atoms. The van der Waals surface area contributed by atoms with Crippen LogP contribution in [0.2, 0.25) is 0 Å². The summed E-state index contributed by atoms with van der Waals surface area (Å²) < 4.78 is 5.20. The highest BCUT2D eigenvalue weighted by molar-refractivity contribution is 5.67. The minimum Gasteiger partial charge on any atom is -0.444 e. The van der Waals surface area contributed by atoms with Gasteiger partial charge in [-0.3, -0.25) is 0 Å². The molecule has 1 amide bonds. The first kappa shape index (κ1) is 17.7. The van der Waals surface area contributed by atoms with Crippen LogP contribution < -0.4 is 10.6 Å². The number of rotatable bonds is 7. The van der Waals surface area contributed by atoms with Crippen LogP contribution in [0.3, 0.4) is 0 Å². The third-order valence-electron chi connectivity index (χ3n) is 2.67. The molecule has 110 valence electrons. The lowest BCUT2D eigenvalue weighted by Gasteiger charge is -2.24. The summed E-state index contributed by atoms with van der Waals surface area (Å²) in [5.74, 6) is 0.774. The van der Waals surface area contributed by atoms with Gasteiger partial charge < -0.3 is 15.4 Å². The van der Waals surface area contributed by atoms with Gasteiger partial charge >= 0.3 is 6.09 Å². The summed E-state index contributed by atoms with van der Waals surface area (Å²) in [6, 6.07) is 2.09. The van der Waals surface area contributed by atoms with Crippen LogP contribution in [-0.2, 0) is 4.74 Å². The summed E-state index contributed by atoms with van der Waals surface area (Å²) in [6.45, 7) is 11.8. The molecule has 0 aliphatic heterocycles. The smallest absolute Gasteiger partial charge is 0.407 e. The van der Waals surface area contributed by atoms with Gasteiger partial charge in [-0.2, -0.15) is 5.26 Å². The minimum absolute atomic E-state index is 0.325. The standard InChI is InChI=1S/C14H27N3O2/c1-11(2)12(9-16-8-6-7-15)10-17-13(18)19-14(3,4)5/h11-12,16H,6,8-10H2,1-5H3,(H,17,18). The maximum absolute atomic E-state index is 11.6. The van der Waals surface area contributed by atoms with Crippen LogP contribution in [0.1, 0.15) is 41.0 Å². The van der Waals surface area contributed by atoms with Gasteiger partial charge in [0.25, 0.3) is 0 Å². The summed E-state index contributed by atoms with van der Waals surface area (Å²) in [7, 11) is 0. The molecular formula is C14H27N3O2. The van der Waals surface area contributed by atoms with E-state index < -0.39 is 5.60 Å². The second-order valence-electron chi connectivity index (χ2n) is 6.00. The van der Waals surface area contributed by atoms with Crippen molar-refractivity contribution in [3.63, 3.8) is 0 Å². The second-order valence-corrected chi connectivity index (χ2v) is 6.00. The van der Waals surface area contributed by atoms with Crippen LogP contribution in [0.5, 0.6) is 0 Å². The Morgan fingerprint density at radius 3 is 2.42 bits per heavy atom. The summed E-state index contributed by atoms with van der Waals surface area (Å²) in [4.78, 5) is 11.6. The van der Waals surface area contributed by atoms with Gasteiger partial charge in [0.05, 0.1) is 6.07 Å². The largest absolute Gasteiger partial charge is 0.444 e. The van der Waals surface area contributed by atoms with E-state index in [1.807, 2.05) is 20.8 Å². The summed E-state index contributed by atoms with van der Waals surface area (Å²) in [5.41, 5.74) is -0.470. The number of nitrogens with zero attached hydrogens (tertiary/aromatic N) is 1. The van der Waals surface area contributed by atoms with Crippen molar-refractivity contribution in [2.24, 2.45) is 11.8 Å². The number of carbonyl (C=O) groups excluding carboxylic acids is 1. The van der Waals surface area contributed by atoms with E-state index in [4.69, 9.17) is 10.00 Å². The van der Waals surface area contributed by atoms with Crippen molar-refractivity contribution >= 4 is 6.09 Å². The Kier molecular flexibility index (Phi) is 8.17. The fourth-order valence-electron chi connectivity index (χ4n) is 1.50. The minimum atomic E-state index is -0.470. The highest BCUT2D eigenvalue weighted by atomic mass is 16.6. The fraction of sp³-hybridized carbons (Fsp3) is 0.857. The molecule has 0 saturated heterocycles. The van der Waals surface area contributed by atoms with Crippen molar-refractivity contribution in [1.82, 2.24) is 10.6 Å². The number of ether oxygens (including phenoxy) is 1. The van der Waals surface area contributed by atoms with E-state index in [0.29, 0.717) is 31.3 Å². The lowest BCUT2D eigenvalue weighted by atomic mass is 9.96. The lowest BCUT2D eigenvalue weighted by molar-refractivity contribution is 0.0515. The molecule has 0 heterocycles. The molecule has 0 spiro atoms. The van der Waals surface area contributed by atoms with Gasteiger partial charge in [0, 0.05) is 19.5 Å². The summed E-state index contributed by atoms with van der Waals surface area (Å²) >= 11 is 0. The number of amides is 1. The van der Waals surface area contributed by atoms with E-state index in [1.54, 1.807) is 0 Å². The van der Waals surface area contributed by atoms with Crippen molar-refractivity contribution < 1.29 is 9.53 Å². The average molecular weight is 269 g/mol. The van der Waals surface area contributed by atoms with E-state index in [1.165, 1.54) is 0 Å². The van der Waals surface area contributed by atoms with Gasteiger partial charge in [0.15, 0.2) is 0 Å². The number of carbonyl (C=O) groups is 1. The third-order valence-corrected chi connectivity index (χ3v) is 2.67. The van der Waals surface area contributed by atoms with Crippen LogP contribution >= 0.6 is 0 Å². The van der Waals surface area contributed by atoms with Crippen molar-refractivity contribution in [1.29, 1.82) is 5.26 Å². The van der Waals surface area contributed by atoms with Crippen LogP contribution in [-0.4, -0.2) is 31.3 Å². The average Bonchev–Trinajstić information content (AvgIpc) is 2.25. The van der Waals surface area contributed by atoms with Crippen molar-refractivity contribution in [3.8, 4) is 6.07 Å². The zero-order valence-corrected chi connectivity index (χ0v) is 12.7. The molecule has 0 aromatic heterocycles. The topological polar surface area (TPSA) is 74.2 Å². The maximum Gasteiger partial charge on any atom is 0.407 e. The van der Waals surface area contributed by atoms with Gasteiger partial charge in [-0.05, 0) is 39.2 Å². The zero-order valence-electron chi connectivity index (χ0n) is 12.7. The van der Waals surface area contributed by atoms with E-state index >= 15 is 0 Å².